The van der Waals surface area contributed by atoms with Crippen LogP contribution in [0.2, 0.25) is 0 Å². The Kier molecular flexibility index (Phi) is 4.48. The first-order valence-corrected chi connectivity index (χ1v) is 7.43. The van der Waals surface area contributed by atoms with Gasteiger partial charge in [0.1, 0.15) is 0 Å². The number of aromatic nitrogens is 2. The Balaban J connectivity index is 2.56. The van der Waals surface area contributed by atoms with Gasteiger partial charge in [-0.2, -0.15) is 0 Å². The minimum atomic E-state index is 0.186. The monoisotopic (exact) mass is 272 g/mol. The van der Waals surface area contributed by atoms with Crippen LogP contribution in [0.1, 0.15) is 56.4 Å². The predicted molar refractivity (Wildman–Crippen MR) is 82.7 cm³/mol. The first kappa shape index (κ1) is 14.6. The van der Waals surface area contributed by atoms with Crippen LogP contribution in [0.25, 0.3) is 5.69 Å². The highest BCUT2D eigenvalue weighted by atomic mass is 16.3. The SMILES string of the molecule is CCCCc1c(O)nn(-c2ccccc2C)c1C(C)C. The third-order valence-electron chi connectivity index (χ3n) is 3.67. The van der Waals surface area contributed by atoms with Crippen molar-refractivity contribution < 1.29 is 5.11 Å². The number of hydrogen-bond acceptors (Lipinski definition) is 2. The normalized spacial score (nSPS) is 11.2. The van der Waals surface area contributed by atoms with Gasteiger partial charge in [-0.25, -0.2) is 4.68 Å². The molecular weight excluding hydrogens is 248 g/mol. The number of rotatable bonds is 5. The van der Waals surface area contributed by atoms with Gasteiger partial charge in [0.2, 0.25) is 5.88 Å². The summed E-state index contributed by atoms with van der Waals surface area (Å²) < 4.78 is 1.92. The van der Waals surface area contributed by atoms with Gasteiger partial charge in [0.15, 0.2) is 0 Å². The van der Waals surface area contributed by atoms with Crippen LogP contribution in [0, 0.1) is 6.92 Å². The molecule has 2 aromatic rings. The van der Waals surface area contributed by atoms with Crippen LogP contribution < -0.4 is 0 Å². The van der Waals surface area contributed by atoms with E-state index in [4.69, 9.17) is 0 Å². The van der Waals surface area contributed by atoms with Crippen molar-refractivity contribution >= 4 is 0 Å². The van der Waals surface area contributed by atoms with Crippen molar-refractivity contribution in [2.24, 2.45) is 0 Å². The van der Waals surface area contributed by atoms with Crippen LogP contribution in [-0.2, 0) is 6.42 Å². The van der Waals surface area contributed by atoms with E-state index in [0.717, 1.165) is 36.2 Å². The van der Waals surface area contributed by atoms with Gasteiger partial charge in [-0.3, -0.25) is 0 Å². The number of nitrogens with zero attached hydrogens (tertiary/aromatic N) is 2. The molecule has 20 heavy (non-hydrogen) atoms. The topological polar surface area (TPSA) is 38.1 Å². The van der Waals surface area contributed by atoms with Crippen molar-refractivity contribution in [3.8, 4) is 11.6 Å². The lowest BCUT2D eigenvalue weighted by Crippen LogP contribution is -2.07. The zero-order chi connectivity index (χ0) is 14.7. The number of benzene rings is 1. The molecule has 0 bridgehead atoms. The Bertz CT molecular complexity index is 585. The van der Waals surface area contributed by atoms with Crippen molar-refractivity contribution in [3.05, 3.63) is 41.1 Å². The van der Waals surface area contributed by atoms with Gasteiger partial charge in [-0.05, 0) is 37.3 Å². The molecule has 0 spiro atoms. The fourth-order valence-electron chi connectivity index (χ4n) is 2.62. The summed E-state index contributed by atoms with van der Waals surface area (Å²) in [7, 11) is 0. The van der Waals surface area contributed by atoms with E-state index in [1.807, 2.05) is 16.8 Å². The Morgan fingerprint density at radius 1 is 1.25 bits per heavy atom. The molecule has 1 aromatic heterocycles. The summed E-state index contributed by atoms with van der Waals surface area (Å²) in [6, 6.07) is 8.16. The maximum atomic E-state index is 10.2. The molecule has 0 amide bonds. The standard InChI is InChI=1S/C17H24N2O/c1-5-6-10-14-16(12(2)3)19(18-17(14)20)15-11-8-7-9-13(15)4/h7-9,11-12H,5-6,10H2,1-4H3,(H,18,20). The zero-order valence-corrected chi connectivity index (χ0v) is 12.8. The molecule has 3 nitrogen and oxygen atoms in total. The third-order valence-corrected chi connectivity index (χ3v) is 3.67. The molecule has 0 radical (unpaired) electrons. The Morgan fingerprint density at radius 3 is 2.55 bits per heavy atom. The Morgan fingerprint density at radius 2 is 1.95 bits per heavy atom. The van der Waals surface area contributed by atoms with Gasteiger partial charge in [-0.1, -0.05) is 45.4 Å². The molecule has 0 aliphatic rings. The van der Waals surface area contributed by atoms with Crippen LogP contribution in [0.4, 0.5) is 0 Å². The number of hydrogen-bond donors (Lipinski definition) is 1. The molecule has 2 rings (SSSR count). The molecule has 0 unspecified atom stereocenters. The number of unbranched alkanes of at least 4 members (excludes halogenated alkanes) is 1. The van der Waals surface area contributed by atoms with Crippen molar-refractivity contribution in [1.29, 1.82) is 0 Å². The number of aryl methyl sites for hydroxylation is 1. The highest BCUT2D eigenvalue weighted by Gasteiger charge is 2.21. The van der Waals surface area contributed by atoms with Crippen molar-refractivity contribution in [2.45, 2.75) is 52.9 Å². The third kappa shape index (κ3) is 2.72. The molecule has 1 aromatic carbocycles. The quantitative estimate of drug-likeness (QED) is 0.878. The average Bonchev–Trinajstić information content (AvgIpc) is 2.74. The second-order valence-electron chi connectivity index (χ2n) is 5.64. The van der Waals surface area contributed by atoms with Gasteiger partial charge < -0.3 is 5.11 Å². The van der Waals surface area contributed by atoms with E-state index >= 15 is 0 Å². The Labute approximate surface area is 121 Å². The van der Waals surface area contributed by atoms with Gasteiger partial charge in [0.05, 0.1) is 11.4 Å². The summed E-state index contributed by atoms with van der Waals surface area (Å²) in [6.07, 6.45) is 3.08. The number of para-hydroxylation sites is 1. The molecule has 0 aliphatic carbocycles. The second kappa shape index (κ2) is 6.12. The lowest BCUT2D eigenvalue weighted by molar-refractivity contribution is 0.441. The maximum absolute atomic E-state index is 10.2. The molecule has 0 saturated carbocycles. The zero-order valence-electron chi connectivity index (χ0n) is 12.8. The van der Waals surface area contributed by atoms with E-state index in [9.17, 15) is 5.11 Å². The molecule has 1 N–H and O–H groups in total. The van der Waals surface area contributed by atoms with E-state index in [2.05, 4.69) is 44.9 Å². The predicted octanol–water partition coefficient (Wildman–Crippen LogP) is 4.35. The van der Waals surface area contributed by atoms with Crippen LogP contribution in [0.3, 0.4) is 0 Å². The van der Waals surface area contributed by atoms with Crippen molar-refractivity contribution in [3.63, 3.8) is 0 Å². The fourth-order valence-corrected chi connectivity index (χ4v) is 2.62. The van der Waals surface area contributed by atoms with Gasteiger partial charge >= 0.3 is 0 Å². The summed E-state index contributed by atoms with van der Waals surface area (Å²) in [5.74, 6) is 0.514. The Hall–Kier alpha value is -1.77. The minimum Gasteiger partial charge on any atom is -0.492 e. The van der Waals surface area contributed by atoms with Crippen LogP contribution in [0.5, 0.6) is 5.88 Å². The summed E-state index contributed by atoms with van der Waals surface area (Å²) in [6.45, 7) is 8.54. The second-order valence-corrected chi connectivity index (χ2v) is 5.64. The van der Waals surface area contributed by atoms with E-state index in [0.29, 0.717) is 5.92 Å². The smallest absolute Gasteiger partial charge is 0.234 e. The molecule has 3 heteroatoms. The highest BCUT2D eigenvalue weighted by Crippen LogP contribution is 2.31. The van der Waals surface area contributed by atoms with Crippen LogP contribution >= 0.6 is 0 Å². The van der Waals surface area contributed by atoms with Crippen LogP contribution in [0.15, 0.2) is 24.3 Å². The van der Waals surface area contributed by atoms with Gasteiger partial charge in [0.25, 0.3) is 0 Å². The lowest BCUT2D eigenvalue weighted by atomic mass is 10.0. The summed E-state index contributed by atoms with van der Waals surface area (Å²) in [5, 5.41) is 14.6. The van der Waals surface area contributed by atoms with E-state index in [1.165, 1.54) is 5.56 Å². The van der Waals surface area contributed by atoms with E-state index in [-0.39, 0.29) is 5.88 Å². The maximum Gasteiger partial charge on any atom is 0.234 e. The fraction of sp³-hybridized carbons (Fsp3) is 0.471. The molecular formula is C17H24N2O. The minimum absolute atomic E-state index is 0.186. The summed E-state index contributed by atoms with van der Waals surface area (Å²) >= 11 is 0. The van der Waals surface area contributed by atoms with Crippen molar-refractivity contribution in [2.75, 3.05) is 0 Å². The first-order chi connectivity index (χ1) is 9.56. The summed E-state index contributed by atoms with van der Waals surface area (Å²) in [5.41, 5.74) is 4.35. The molecule has 108 valence electrons. The average molecular weight is 272 g/mol. The number of aromatic hydroxyl groups is 1. The lowest BCUT2D eigenvalue weighted by Gasteiger charge is -2.14. The molecule has 0 saturated heterocycles. The molecule has 0 fully saturated rings. The largest absolute Gasteiger partial charge is 0.492 e. The van der Waals surface area contributed by atoms with E-state index < -0.39 is 0 Å². The highest BCUT2D eigenvalue weighted by molar-refractivity contribution is 5.45. The molecule has 0 atom stereocenters. The van der Waals surface area contributed by atoms with Crippen molar-refractivity contribution in [1.82, 2.24) is 9.78 Å². The molecule has 0 aliphatic heterocycles. The van der Waals surface area contributed by atoms with Gasteiger partial charge in [0, 0.05) is 5.56 Å². The first-order valence-electron chi connectivity index (χ1n) is 7.43. The summed E-state index contributed by atoms with van der Waals surface area (Å²) in [4.78, 5) is 0. The van der Waals surface area contributed by atoms with Gasteiger partial charge in [-0.15, -0.1) is 5.10 Å². The molecule has 1 heterocycles. The van der Waals surface area contributed by atoms with E-state index in [1.54, 1.807) is 0 Å². The van der Waals surface area contributed by atoms with Crippen LogP contribution in [-0.4, -0.2) is 14.9 Å².